The molecular formula is C34H46N2S2Si2. The molecule has 0 saturated carbocycles. The van der Waals surface area contributed by atoms with Gasteiger partial charge >= 0.3 is 0 Å². The van der Waals surface area contributed by atoms with Crippen molar-refractivity contribution in [2.75, 3.05) is 0 Å². The lowest BCUT2D eigenvalue weighted by atomic mass is 9.97. The van der Waals surface area contributed by atoms with Crippen molar-refractivity contribution in [3.05, 3.63) is 34.7 Å². The number of fused-ring (bicyclic) bond motifs is 3. The van der Waals surface area contributed by atoms with Gasteiger partial charge < -0.3 is 0 Å². The monoisotopic (exact) mass is 602 g/mol. The van der Waals surface area contributed by atoms with E-state index in [0.717, 1.165) is 22.2 Å². The molecule has 2 heterocycles. The molecule has 4 rings (SSSR count). The Morgan fingerprint density at radius 1 is 0.600 bits per heavy atom. The van der Waals surface area contributed by atoms with Crippen LogP contribution < -0.4 is 0 Å². The van der Waals surface area contributed by atoms with Gasteiger partial charge in [-0.15, -0.1) is 22.4 Å². The molecular weight excluding hydrogens is 557 g/mol. The summed E-state index contributed by atoms with van der Waals surface area (Å²) in [6.45, 7) is 28.5. The lowest BCUT2D eigenvalue weighted by Crippen LogP contribution is -2.43. The summed E-state index contributed by atoms with van der Waals surface area (Å²) < 4.78 is 11.0. The van der Waals surface area contributed by atoms with Gasteiger partial charge in [0.25, 0.3) is 0 Å². The molecule has 0 N–H and O–H groups in total. The Hall–Kier alpha value is -1.97. The highest BCUT2D eigenvalue weighted by molar-refractivity contribution is 7.17. The summed E-state index contributed by atoms with van der Waals surface area (Å²) in [5.41, 5.74) is 15.3. The molecule has 0 spiro atoms. The van der Waals surface area contributed by atoms with Crippen LogP contribution in [0.25, 0.3) is 31.9 Å². The van der Waals surface area contributed by atoms with Crippen molar-refractivity contribution in [3.8, 4) is 22.9 Å². The Bertz CT molecular complexity index is 1490. The van der Waals surface area contributed by atoms with Crippen LogP contribution in [0.3, 0.4) is 0 Å². The molecule has 2 aromatic heterocycles. The number of hydrogen-bond donors (Lipinski definition) is 0. The highest BCUT2D eigenvalue weighted by Gasteiger charge is 2.43. The van der Waals surface area contributed by atoms with Gasteiger partial charge in [-0.3, -0.25) is 0 Å². The quantitative estimate of drug-likeness (QED) is 0.162. The summed E-state index contributed by atoms with van der Waals surface area (Å²) in [5, 5.41) is 5.79. The first kappa shape index (κ1) is 31.0. The van der Waals surface area contributed by atoms with Crippen LogP contribution in [-0.2, 0) is 0 Å². The number of rotatable bonds is 6. The van der Waals surface area contributed by atoms with E-state index in [0.29, 0.717) is 33.2 Å². The third-order valence-corrected chi connectivity index (χ3v) is 23.6. The largest absolute Gasteiger partial charge is 0.172 e. The summed E-state index contributed by atoms with van der Waals surface area (Å²) in [6.07, 6.45) is 0. The Balaban J connectivity index is 2.13. The van der Waals surface area contributed by atoms with E-state index in [9.17, 15) is 0 Å². The number of benzene rings is 2. The second-order valence-electron chi connectivity index (χ2n) is 13.4. The van der Waals surface area contributed by atoms with E-state index in [1.54, 1.807) is 11.3 Å². The lowest BCUT2D eigenvalue weighted by molar-refractivity contribution is 0.838. The molecule has 0 aliphatic carbocycles. The molecule has 0 aliphatic heterocycles. The second-order valence-corrected chi connectivity index (χ2v) is 26.0. The average Bonchev–Trinajstić information content (AvgIpc) is 3.52. The van der Waals surface area contributed by atoms with Crippen LogP contribution in [0, 0.1) is 22.9 Å². The molecule has 0 bridgehead atoms. The topological polar surface area (TPSA) is 25.8 Å². The predicted octanol–water partition coefficient (Wildman–Crippen LogP) is 11.2. The molecule has 6 heteroatoms. The van der Waals surface area contributed by atoms with E-state index < -0.39 is 16.1 Å². The van der Waals surface area contributed by atoms with Gasteiger partial charge in [-0.2, -0.15) is 8.75 Å². The normalized spacial score (nSPS) is 12.9. The fourth-order valence-corrected chi connectivity index (χ4v) is 19.4. The zero-order chi connectivity index (χ0) is 29.6. The minimum absolute atomic E-state index is 0.574. The van der Waals surface area contributed by atoms with Gasteiger partial charge in [0.15, 0.2) is 0 Å². The van der Waals surface area contributed by atoms with Crippen molar-refractivity contribution >= 4 is 71.1 Å². The molecule has 4 aromatic rings. The Labute approximate surface area is 252 Å². The zero-order valence-corrected chi connectivity index (χ0v) is 30.1. The first-order valence-electron chi connectivity index (χ1n) is 14.9. The van der Waals surface area contributed by atoms with Crippen molar-refractivity contribution in [2.45, 2.75) is 116 Å². The van der Waals surface area contributed by atoms with Gasteiger partial charge in [0.2, 0.25) is 0 Å². The standard InChI is InChI=1S/C34H46N2S2Si2/c1-21(2)39(22(3)4,23(5)6)17-14-28-30-19-27-13-16-37-32(27)20-31(30)29(34-33(28)35-38-36-34)15-18-40(24(7)8,25(9)10)26(11)12/h13,16,19-26H,1-12H3. The molecule has 0 unspecified atom stereocenters. The van der Waals surface area contributed by atoms with Crippen molar-refractivity contribution < 1.29 is 0 Å². The molecule has 0 atom stereocenters. The Morgan fingerprint density at radius 3 is 1.40 bits per heavy atom. The van der Waals surface area contributed by atoms with E-state index in [2.05, 4.69) is 130 Å². The first-order chi connectivity index (χ1) is 18.8. The summed E-state index contributed by atoms with van der Waals surface area (Å²) in [4.78, 5) is 0. The lowest BCUT2D eigenvalue weighted by Gasteiger charge is -2.38. The smallest absolute Gasteiger partial charge is 0.146 e. The molecule has 0 saturated heterocycles. The van der Waals surface area contributed by atoms with Crippen molar-refractivity contribution in [3.63, 3.8) is 0 Å². The predicted molar refractivity (Wildman–Crippen MR) is 186 cm³/mol. The van der Waals surface area contributed by atoms with Crippen LogP contribution in [-0.4, -0.2) is 24.9 Å². The molecule has 212 valence electrons. The van der Waals surface area contributed by atoms with E-state index in [1.807, 2.05) is 0 Å². The van der Waals surface area contributed by atoms with Gasteiger partial charge in [0.05, 0.1) is 22.9 Å². The van der Waals surface area contributed by atoms with E-state index in [1.165, 1.54) is 32.6 Å². The maximum absolute atomic E-state index is 4.87. The summed E-state index contributed by atoms with van der Waals surface area (Å²) in [6, 6.07) is 6.89. The van der Waals surface area contributed by atoms with Crippen LogP contribution in [0.5, 0.6) is 0 Å². The van der Waals surface area contributed by atoms with Crippen molar-refractivity contribution in [1.29, 1.82) is 0 Å². The van der Waals surface area contributed by atoms with E-state index in [4.69, 9.17) is 8.75 Å². The highest BCUT2D eigenvalue weighted by atomic mass is 32.1. The van der Waals surface area contributed by atoms with Gasteiger partial charge in [-0.25, -0.2) is 0 Å². The van der Waals surface area contributed by atoms with Crippen LogP contribution in [0.15, 0.2) is 23.6 Å². The Morgan fingerprint density at radius 2 is 1.00 bits per heavy atom. The molecule has 2 aromatic carbocycles. The van der Waals surface area contributed by atoms with Crippen molar-refractivity contribution in [2.24, 2.45) is 0 Å². The third-order valence-electron chi connectivity index (χ3n) is 9.63. The molecule has 40 heavy (non-hydrogen) atoms. The van der Waals surface area contributed by atoms with Crippen LogP contribution in [0.2, 0.25) is 33.2 Å². The molecule has 0 aliphatic rings. The van der Waals surface area contributed by atoms with E-state index in [-0.39, 0.29) is 0 Å². The van der Waals surface area contributed by atoms with Gasteiger partial charge in [-0.1, -0.05) is 94.9 Å². The maximum atomic E-state index is 4.87. The fourth-order valence-electron chi connectivity index (χ4n) is 7.66. The minimum atomic E-state index is -1.92. The molecule has 0 radical (unpaired) electrons. The second kappa shape index (κ2) is 11.7. The molecule has 2 nitrogen and oxygen atoms in total. The minimum Gasteiger partial charge on any atom is -0.172 e. The number of hydrogen-bond acceptors (Lipinski definition) is 4. The van der Waals surface area contributed by atoms with Gasteiger partial charge in [-0.05, 0) is 62.2 Å². The van der Waals surface area contributed by atoms with Crippen LogP contribution in [0.1, 0.15) is 94.2 Å². The molecule has 0 amide bonds. The zero-order valence-electron chi connectivity index (χ0n) is 26.5. The highest BCUT2D eigenvalue weighted by Crippen LogP contribution is 2.43. The summed E-state index contributed by atoms with van der Waals surface area (Å²) >= 11 is 3.08. The average molecular weight is 603 g/mol. The maximum Gasteiger partial charge on any atom is 0.146 e. The van der Waals surface area contributed by atoms with Crippen LogP contribution in [0.4, 0.5) is 0 Å². The van der Waals surface area contributed by atoms with Crippen molar-refractivity contribution in [1.82, 2.24) is 8.75 Å². The molecule has 0 fully saturated rings. The fraction of sp³-hybridized carbons (Fsp3) is 0.529. The van der Waals surface area contributed by atoms with Crippen LogP contribution >= 0.6 is 23.1 Å². The number of aromatic nitrogens is 2. The van der Waals surface area contributed by atoms with E-state index >= 15 is 0 Å². The Kier molecular flexibility index (Phi) is 9.08. The third kappa shape index (κ3) is 5.00. The number of thiophene rings is 1. The number of nitrogens with zero attached hydrogens (tertiary/aromatic N) is 2. The summed E-state index contributed by atoms with van der Waals surface area (Å²) in [5.74, 6) is 7.59. The summed E-state index contributed by atoms with van der Waals surface area (Å²) in [7, 11) is -3.85. The first-order valence-corrected chi connectivity index (χ1v) is 21.0. The SMILES string of the molecule is CC(C)[Si](C#Cc1c2cc3ccsc3cc2c(C#C[Si](C(C)C)(C(C)C)C(C)C)c2nsnc12)(C(C)C)C(C)C. The van der Waals surface area contributed by atoms with Gasteiger partial charge in [0.1, 0.15) is 27.2 Å². The van der Waals surface area contributed by atoms with Gasteiger partial charge in [0, 0.05) is 15.5 Å².